The summed E-state index contributed by atoms with van der Waals surface area (Å²) < 4.78 is 10.6. The topological polar surface area (TPSA) is 51.7 Å². The molecular weight excluding hydrogens is 339 g/mol. The molecule has 0 N–H and O–H groups in total. The molecule has 1 aliphatic heterocycles. The van der Waals surface area contributed by atoms with Crippen molar-refractivity contribution >= 4 is 29.1 Å². The highest BCUT2D eigenvalue weighted by molar-refractivity contribution is 6.41. The summed E-state index contributed by atoms with van der Waals surface area (Å²) in [6.07, 6.45) is 1.43. The van der Waals surface area contributed by atoms with Crippen molar-refractivity contribution in [3.05, 3.63) is 51.8 Å². The van der Waals surface area contributed by atoms with Crippen molar-refractivity contribution in [3.8, 4) is 11.5 Å². The number of hydrogen-bond donors (Lipinski definition) is 0. The third-order valence-corrected chi connectivity index (χ3v) is 4.21. The molecule has 0 atom stereocenters. The van der Waals surface area contributed by atoms with Gasteiger partial charge < -0.3 is 14.4 Å². The Bertz CT molecular complexity index is 752. The lowest BCUT2D eigenvalue weighted by atomic mass is 10.1. The highest BCUT2D eigenvalue weighted by atomic mass is 35.5. The number of aromatic nitrogens is 1. The first-order valence-electron chi connectivity index (χ1n) is 7.07. The van der Waals surface area contributed by atoms with Crippen LogP contribution in [0, 0.1) is 0 Å². The van der Waals surface area contributed by atoms with Crippen LogP contribution in [0.3, 0.4) is 0 Å². The number of halogens is 2. The van der Waals surface area contributed by atoms with Crippen LogP contribution in [0.4, 0.5) is 0 Å². The average Bonchev–Trinajstić information content (AvgIpc) is 3.02. The maximum atomic E-state index is 12.6. The number of carbonyl (C=O) groups excluding carboxylic acids is 1. The summed E-state index contributed by atoms with van der Waals surface area (Å²) in [6.45, 7) is 3.14. The smallest absolute Gasteiger partial charge is 0.255 e. The average molecular weight is 353 g/mol. The van der Waals surface area contributed by atoms with Crippen LogP contribution >= 0.6 is 23.2 Å². The van der Waals surface area contributed by atoms with Gasteiger partial charge in [-0.1, -0.05) is 29.3 Å². The third-order valence-electron chi connectivity index (χ3n) is 3.52. The molecule has 0 fully saturated rings. The van der Waals surface area contributed by atoms with Gasteiger partial charge in [0.15, 0.2) is 11.5 Å². The molecule has 0 aliphatic carbocycles. The summed E-state index contributed by atoms with van der Waals surface area (Å²) in [4.78, 5) is 18.2. The van der Waals surface area contributed by atoms with Gasteiger partial charge in [-0.25, -0.2) is 4.98 Å². The predicted molar refractivity (Wildman–Crippen MR) is 87.2 cm³/mol. The van der Waals surface area contributed by atoms with E-state index in [1.54, 1.807) is 4.90 Å². The number of hydrogen-bond acceptors (Lipinski definition) is 4. The second kappa shape index (κ2) is 6.64. The molecule has 5 nitrogen and oxygen atoms in total. The Morgan fingerprint density at radius 3 is 2.78 bits per heavy atom. The van der Waals surface area contributed by atoms with Gasteiger partial charge in [-0.2, -0.15) is 0 Å². The van der Waals surface area contributed by atoms with E-state index in [1.807, 2.05) is 25.1 Å². The second-order valence-electron chi connectivity index (χ2n) is 5.00. The SMILES string of the molecule is CCN(Cc1ccc2c(c1)OCO2)C(=O)c1cnc(Cl)c(Cl)c1. The predicted octanol–water partition coefficient (Wildman–Crippen LogP) is 3.78. The highest BCUT2D eigenvalue weighted by Gasteiger charge is 2.18. The number of amides is 1. The van der Waals surface area contributed by atoms with Crippen LogP contribution in [0.1, 0.15) is 22.8 Å². The molecule has 0 saturated heterocycles. The Kier molecular flexibility index (Phi) is 4.59. The van der Waals surface area contributed by atoms with Crippen molar-refractivity contribution in [2.24, 2.45) is 0 Å². The van der Waals surface area contributed by atoms with Crippen LogP contribution in [0.15, 0.2) is 30.5 Å². The third kappa shape index (κ3) is 3.35. The van der Waals surface area contributed by atoms with Gasteiger partial charge in [0.25, 0.3) is 5.91 Å². The number of rotatable bonds is 4. The quantitative estimate of drug-likeness (QED) is 0.785. The molecule has 0 radical (unpaired) electrons. The zero-order valence-electron chi connectivity index (χ0n) is 12.4. The van der Waals surface area contributed by atoms with Gasteiger partial charge >= 0.3 is 0 Å². The Balaban J connectivity index is 1.79. The summed E-state index contributed by atoms with van der Waals surface area (Å²) in [7, 11) is 0. The van der Waals surface area contributed by atoms with Crippen LogP contribution in [0.25, 0.3) is 0 Å². The standard InChI is InChI=1S/C16H14Cl2N2O3/c1-2-20(16(21)11-6-12(17)15(18)19-7-11)8-10-3-4-13-14(5-10)23-9-22-13/h3-7H,2,8-9H2,1H3. The summed E-state index contributed by atoms with van der Waals surface area (Å²) >= 11 is 11.7. The summed E-state index contributed by atoms with van der Waals surface area (Å²) in [5, 5.41) is 0.443. The number of fused-ring (bicyclic) bond motifs is 1. The second-order valence-corrected chi connectivity index (χ2v) is 5.77. The van der Waals surface area contributed by atoms with Crippen molar-refractivity contribution in [3.63, 3.8) is 0 Å². The van der Waals surface area contributed by atoms with Gasteiger partial charge in [-0.3, -0.25) is 4.79 Å². The van der Waals surface area contributed by atoms with Gasteiger partial charge in [0.2, 0.25) is 6.79 Å². The first kappa shape index (κ1) is 15.9. The fourth-order valence-corrected chi connectivity index (χ4v) is 2.58. The van der Waals surface area contributed by atoms with E-state index in [2.05, 4.69) is 4.98 Å². The minimum atomic E-state index is -0.156. The van der Waals surface area contributed by atoms with Crippen molar-refractivity contribution in [2.45, 2.75) is 13.5 Å². The molecule has 2 heterocycles. The molecule has 3 rings (SSSR count). The molecule has 120 valence electrons. The van der Waals surface area contributed by atoms with Crippen molar-refractivity contribution in [1.82, 2.24) is 9.88 Å². The molecular formula is C16H14Cl2N2O3. The normalized spacial score (nSPS) is 12.3. The van der Waals surface area contributed by atoms with E-state index in [9.17, 15) is 4.79 Å². The van der Waals surface area contributed by atoms with Crippen molar-refractivity contribution in [1.29, 1.82) is 0 Å². The molecule has 2 aromatic rings. The molecule has 0 bridgehead atoms. The number of carbonyl (C=O) groups is 1. The maximum Gasteiger partial charge on any atom is 0.255 e. The number of ether oxygens (including phenoxy) is 2. The monoisotopic (exact) mass is 352 g/mol. The van der Waals surface area contributed by atoms with E-state index in [-0.39, 0.29) is 22.9 Å². The lowest BCUT2D eigenvalue weighted by molar-refractivity contribution is 0.0752. The summed E-state index contributed by atoms with van der Waals surface area (Å²) in [5.74, 6) is 1.26. The molecule has 0 spiro atoms. The van der Waals surface area contributed by atoms with Gasteiger partial charge in [0.05, 0.1) is 10.6 Å². The van der Waals surface area contributed by atoms with E-state index in [1.165, 1.54) is 12.3 Å². The zero-order chi connectivity index (χ0) is 16.4. The fraction of sp³-hybridized carbons (Fsp3) is 0.250. The van der Waals surface area contributed by atoms with Crippen molar-refractivity contribution < 1.29 is 14.3 Å². The van der Waals surface area contributed by atoms with E-state index >= 15 is 0 Å². The Hall–Kier alpha value is -1.98. The number of nitrogens with zero attached hydrogens (tertiary/aromatic N) is 2. The van der Waals surface area contributed by atoms with Crippen molar-refractivity contribution in [2.75, 3.05) is 13.3 Å². The largest absolute Gasteiger partial charge is 0.454 e. The molecule has 1 aromatic carbocycles. The molecule has 23 heavy (non-hydrogen) atoms. The number of benzene rings is 1. The lowest BCUT2D eigenvalue weighted by Gasteiger charge is -2.21. The molecule has 0 unspecified atom stereocenters. The van der Waals surface area contributed by atoms with Crippen LogP contribution in [-0.4, -0.2) is 29.1 Å². The first-order valence-corrected chi connectivity index (χ1v) is 7.83. The zero-order valence-corrected chi connectivity index (χ0v) is 13.9. The molecule has 0 saturated carbocycles. The van der Waals surface area contributed by atoms with Gasteiger partial charge in [-0.15, -0.1) is 0 Å². The molecule has 1 aliphatic rings. The van der Waals surface area contributed by atoms with E-state index < -0.39 is 0 Å². The summed E-state index contributed by atoms with van der Waals surface area (Å²) in [5.41, 5.74) is 1.36. The molecule has 1 amide bonds. The minimum absolute atomic E-state index is 0.156. The maximum absolute atomic E-state index is 12.6. The lowest BCUT2D eigenvalue weighted by Crippen LogP contribution is -2.30. The van der Waals surface area contributed by atoms with Crippen LogP contribution in [0.5, 0.6) is 11.5 Å². The van der Waals surface area contributed by atoms with Crippen LogP contribution in [0.2, 0.25) is 10.2 Å². The fourth-order valence-electron chi connectivity index (χ4n) is 2.31. The van der Waals surface area contributed by atoms with Gasteiger partial charge in [0.1, 0.15) is 5.15 Å². The van der Waals surface area contributed by atoms with Crippen LogP contribution in [-0.2, 0) is 6.54 Å². The van der Waals surface area contributed by atoms with Gasteiger partial charge in [-0.05, 0) is 30.7 Å². The summed E-state index contributed by atoms with van der Waals surface area (Å²) in [6, 6.07) is 7.17. The van der Waals surface area contributed by atoms with Crippen LogP contribution < -0.4 is 9.47 Å². The highest BCUT2D eigenvalue weighted by Crippen LogP contribution is 2.33. The minimum Gasteiger partial charge on any atom is -0.454 e. The number of pyridine rings is 1. The Labute approximate surface area is 143 Å². The van der Waals surface area contributed by atoms with E-state index in [0.717, 1.165) is 11.3 Å². The molecule has 1 aromatic heterocycles. The van der Waals surface area contributed by atoms with E-state index in [4.69, 9.17) is 32.7 Å². The van der Waals surface area contributed by atoms with Gasteiger partial charge in [0, 0.05) is 19.3 Å². The first-order chi connectivity index (χ1) is 11.1. The molecule has 7 heteroatoms. The van der Waals surface area contributed by atoms with E-state index in [0.29, 0.717) is 24.4 Å². The Morgan fingerprint density at radius 2 is 2.04 bits per heavy atom. The Morgan fingerprint density at radius 1 is 1.26 bits per heavy atom.